The van der Waals surface area contributed by atoms with Gasteiger partial charge in [0.1, 0.15) is 31.5 Å². The van der Waals surface area contributed by atoms with E-state index in [0.717, 1.165) is 48.5 Å². The van der Waals surface area contributed by atoms with Crippen molar-refractivity contribution in [3.05, 3.63) is 0 Å². The Morgan fingerprint density at radius 3 is 1.37 bits per heavy atom. The van der Waals surface area contributed by atoms with Crippen LogP contribution in [0.1, 0.15) is 48.5 Å². The Hall–Kier alpha value is -4.03. The molecular formula is C27H35NO17S. The van der Waals surface area contributed by atoms with Gasteiger partial charge in [-0.15, -0.1) is 0 Å². The van der Waals surface area contributed by atoms with E-state index in [1.54, 1.807) is 0 Å². The number of ether oxygens (including phenoxy) is 10. The predicted octanol–water partition coefficient (Wildman–Crippen LogP) is -0.291. The second-order valence-electron chi connectivity index (χ2n) is 9.90. The van der Waals surface area contributed by atoms with Crippen LogP contribution >= 0.6 is 12.2 Å². The molecule has 2 saturated heterocycles. The molecular weight excluding hydrogens is 642 g/mol. The highest BCUT2D eigenvalue weighted by Crippen LogP contribution is 2.35. The zero-order valence-corrected chi connectivity index (χ0v) is 26.8. The molecule has 2 fully saturated rings. The van der Waals surface area contributed by atoms with Gasteiger partial charge in [-0.2, -0.15) is 4.99 Å². The van der Waals surface area contributed by atoms with Gasteiger partial charge < -0.3 is 47.4 Å². The Kier molecular flexibility index (Phi) is 14.6. The molecule has 0 aliphatic carbocycles. The van der Waals surface area contributed by atoms with Gasteiger partial charge in [-0.05, 0) is 12.2 Å². The molecule has 18 nitrogen and oxygen atoms in total. The van der Waals surface area contributed by atoms with E-state index in [-0.39, 0.29) is 0 Å². The summed E-state index contributed by atoms with van der Waals surface area (Å²) in [5.41, 5.74) is 0. The van der Waals surface area contributed by atoms with Crippen LogP contribution in [0, 0.1) is 0 Å². The van der Waals surface area contributed by atoms with Gasteiger partial charge in [0.2, 0.25) is 0 Å². The van der Waals surface area contributed by atoms with E-state index in [1.807, 2.05) is 0 Å². The van der Waals surface area contributed by atoms with Crippen molar-refractivity contribution < 1.29 is 80.9 Å². The molecule has 2 heterocycles. The largest absolute Gasteiger partial charge is 0.463 e. The number of aliphatic imine (C=N–C) groups is 1. The third-order valence-corrected chi connectivity index (χ3v) is 6.19. The molecule has 46 heavy (non-hydrogen) atoms. The van der Waals surface area contributed by atoms with Crippen LogP contribution in [0.3, 0.4) is 0 Å². The molecule has 2 aliphatic heterocycles. The minimum absolute atomic E-state index is 0.542. The molecule has 0 unspecified atom stereocenters. The fraction of sp³-hybridized carbons (Fsp3) is 0.704. The first kappa shape index (κ1) is 38.2. The van der Waals surface area contributed by atoms with Gasteiger partial charge in [-0.25, -0.2) is 0 Å². The highest BCUT2D eigenvalue weighted by atomic mass is 32.1. The molecule has 2 rings (SSSR count). The van der Waals surface area contributed by atoms with Crippen LogP contribution in [0.15, 0.2) is 4.99 Å². The lowest BCUT2D eigenvalue weighted by Gasteiger charge is -2.48. The molecule has 0 amide bonds. The van der Waals surface area contributed by atoms with Crippen molar-refractivity contribution in [2.45, 2.75) is 110 Å². The predicted molar refractivity (Wildman–Crippen MR) is 148 cm³/mol. The number of isothiocyanates is 1. The third kappa shape index (κ3) is 11.4. The minimum atomic E-state index is -1.78. The lowest BCUT2D eigenvalue weighted by molar-refractivity contribution is -0.344. The summed E-state index contributed by atoms with van der Waals surface area (Å²) >= 11 is 4.69. The molecule has 0 bridgehead atoms. The van der Waals surface area contributed by atoms with E-state index in [0.29, 0.717) is 0 Å². The molecule has 0 N–H and O–H groups in total. The quantitative estimate of drug-likeness (QED) is 0.112. The summed E-state index contributed by atoms with van der Waals surface area (Å²) in [6.45, 7) is 6.30. The molecule has 2 aliphatic rings. The van der Waals surface area contributed by atoms with Crippen molar-refractivity contribution in [1.29, 1.82) is 0 Å². The Morgan fingerprint density at radius 1 is 0.543 bits per heavy atom. The average molecular weight is 678 g/mol. The Balaban J connectivity index is 2.73. The van der Waals surface area contributed by atoms with Gasteiger partial charge >= 0.3 is 41.8 Å². The van der Waals surface area contributed by atoms with Crippen molar-refractivity contribution in [2.24, 2.45) is 4.99 Å². The number of rotatable bonds is 12. The highest BCUT2D eigenvalue weighted by molar-refractivity contribution is 7.78. The maximum Gasteiger partial charge on any atom is 0.303 e. The number of carbonyl (C=O) groups excluding carboxylic acids is 7. The van der Waals surface area contributed by atoms with Crippen LogP contribution in [0.25, 0.3) is 0 Å². The van der Waals surface area contributed by atoms with E-state index in [1.165, 1.54) is 0 Å². The average Bonchev–Trinajstić information content (AvgIpc) is 2.91. The Labute approximate surface area is 268 Å². The number of thiocarbonyl (C=S) groups is 1. The summed E-state index contributed by atoms with van der Waals surface area (Å²) in [5, 5.41) is 2.09. The van der Waals surface area contributed by atoms with E-state index in [9.17, 15) is 33.6 Å². The number of nitrogens with zero attached hydrogens (tertiary/aromatic N) is 1. The third-order valence-electron chi connectivity index (χ3n) is 6.08. The molecule has 256 valence electrons. The first-order valence-corrected chi connectivity index (χ1v) is 14.1. The van der Waals surface area contributed by atoms with Gasteiger partial charge in [0.25, 0.3) is 0 Å². The zero-order valence-electron chi connectivity index (χ0n) is 26.0. The zero-order chi connectivity index (χ0) is 34.7. The number of esters is 7. The molecule has 0 aromatic rings. The highest BCUT2D eigenvalue weighted by Gasteiger charge is 2.57. The van der Waals surface area contributed by atoms with Crippen LogP contribution in [-0.2, 0) is 80.9 Å². The minimum Gasteiger partial charge on any atom is -0.463 e. The van der Waals surface area contributed by atoms with E-state index in [4.69, 9.17) is 47.4 Å². The van der Waals surface area contributed by atoms with Crippen LogP contribution in [-0.4, -0.2) is 122 Å². The second-order valence-corrected chi connectivity index (χ2v) is 10.1. The van der Waals surface area contributed by atoms with Crippen LogP contribution < -0.4 is 0 Å². The van der Waals surface area contributed by atoms with Gasteiger partial charge in [-0.1, -0.05) is 0 Å². The Bertz CT molecular complexity index is 1220. The van der Waals surface area contributed by atoms with Crippen molar-refractivity contribution >= 4 is 59.2 Å². The van der Waals surface area contributed by atoms with Gasteiger partial charge in [0.15, 0.2) is 43.0 Å². The smallest absolute Gasteiger partial charge is 0.303 e. The summed E-state index contributed by atoms with van der Waals surface area (Å²) < 4.78 is 55.3. The summed E-state index contributed by atoms with van der Waals surface area (Å²) in [6, 6.07) is 0. The van der Waals surface area contributed by atoms with Crippen LogP contribution in [0.2, 0.25) is 0 Å². The lowest BCUT2D eigenvalue weighted by atomic mass is 9.95. The second kappa shape index (κ2) is 17.6. The fourth-order valence-corrected chi connectivity index (χ4v) is 4.75. The van der Waals surface area contributed by atoms with E-state index < -0.39 is 116 Å². The number of hydrogen-bond donors (Lipinski definition) is 0. The van der Waals surface area contributed by atoms with Crippen molar-refractivity contribution in [2.75, 3.05) is 13.2 Å². The number of carbonyl (C=O) groups is 7. The van der Waals surface area contributed by atoms with E-state index >= 15 is 0 Å². The SMILES string of the molecule is CC(=O)OC[C@H]1O[C@@H](N=C=S)[C@H](OC(C)=O)[C@@H](OC(C)=O)[C@@H]1O[C@@H]1O[C@H](COC(C)=O)[C@@H](OC(C)=O)[C@H](OC(C)=O)[C@H]1OC(C)=O. The molecule has 19 heteroatoms. The van der Waals surface area contributed by atoms with Gasteiger partial charge in [0.05, 0.1) is 5.16 Å². The van der Waals surface area contributed by atoms with Crippen molar-refractivity contribution in [3.63, 3.8) is 0 Å². The molecule has 0 saturated carbocycles. The topological polar surface area (TPSA) is 224 Å². The first-order valence-electron chi connectivity index (χ1n) is 13.7. The Morgan fingerprint density at radius 2 is 0.935 bits per heavy atom. The normalized spacial score (nSPS) is 30.3. The van der Waals surface area contributed by atoms with Gasteiger partial charge in [0, 0.05) is 48.5 Å². The maximum absolute atomic E-state index is 12.3. The monoisotopic (exact) mass is 677 g/mol. The molecule has 10 atom stereocenters. The molecule has 0 radical (unpaired) electrons. The van der Waals surface area contributed by atoms with E-state index in [2.05, 4.69) is 22.4 Å². The first-order chi connectivity index (χ1) is 21.5. The summed E-state index contributed by atoms with van der Waals surface area (Å²) in [5.74, 6) is -5.88. The molecule has 0 aromatic carbocycles. The maximum atomic E-state index is 12.3. The lowest BCUT2D eigenvalue weighted by Crippen LogP contribution is -2.67. The van der Waals surface area contributed by atoms with Crippen molar-refractivity contribution in [3.8, 4) is 0 Å². The van der Waals surface area contributed by atoms with Crippen molar-refractivity contribution in [1.82, 2.24) is 0 Å². The molecule has 0 aromatic heterocycles. The summed E-state index contributed by atoms with van der Waals surface area (Å²) in [7, 11) is 0. The fourth-order valence-electron chi connectivity index (χ4n) is 4.65. The standard InChI is InChI=1S/C27H35NO17S/c1-11(29)36-8-18-21(22(39-14(4)32)24(41-16(6)34)26(43-18)28-10-46)45-27-25(42-17(7)35)23(40-15(5)33)20(38-13(3)31)19(44-27)9-37-12(2)30/h18-27H,8-9H2,1-7H3/t18-,19-,20-,21-,22+,23+,24-,25-,26-,27+/m1/s1. The van der Waals surface area contributed by atoms with Gasteiger partial charge in [-0.3, -0.25) is 33.6 Å². The summed E-state index contributed by atoms with van der Waals surface area (Å²) in [6.07, 6.45) is -15.4. The summed E-state index contributed by atoms with van der Waals surface area (Å²) in [4.78, 5) is 88.1. The molecule has 0 spiro atoms. The number of hydrogen-bond acceptors (Lipinski definition) is 19. The van der Waals surface area contributed by atoms with Crippen LogP contribution in [0.5, 0.6) is 0 Å². The van der Waals surface area contributed by atoms with Crippen LogP contribution in [0.4, 0.5) is 0 Å².